The third-order valence-electron chi connectivity index (χ3n) is 4.01. The van der Waals surface area contributed by atoms with Crippen LogP contribution in [0.1, 0.15) is 43.5 Å². The topological polar surface area (TPSA) is 92.3 Å². The maximum Gasteiger partial charge on any atom is 0.270 e. The summed E-state index contributed by atoms with van der Waals surface area (Å²) in [7, 11) is -2.98. The predicted octanol–water partition coefficient (Wildman–Crippen LogP) is 1.18. The van der Waals surface area contributed by atoms with Crippen molar-refractivity contribution in [2.24, 2.45) is 5.92 Å². The quantitative estimate of drug-likeness (QED) is 0.825. The molecule has 0 radical (unpaired) electrons. The Morgan fingerprint density at radius 2 is 2.12 bits per heavy atom. The molecule has 8 heteroatoms. The molecule has 1 N–H and O–H groups in total. The van der Waals surface area contributed by atoms with E-state index in [0.29, 0.717) is 42.8 Å². The highest BCUT2D eigenvalue weighted by molar-refractivity contribution is 7.91. The standard InChI is InChI=1S/C16H26N4O3S/c1-5-20(13-6-7-24(22,23)10-13)15-8-14(18-12(4)19-15)16(21)17-9-11(2)3/h8,11,13H,5-7,9-10H2,1-4H3,(H,17,21). The van der Waals surface area contributed by atoms with Crippen molar-refractivity contribution >= 4 is 21.6 Å². The second kappa shape index (κ2) is 7.46. The Labute approximate surface area is 143 Å². The molecule has 0 aromatic carbocycles. The smallest absolute Gasteiger partial charge is 0.270 e. The zero-order valence-corrected chi connectivity index (χ0v) is 15.6. The molecule has 134 valence electrons. The number of hydrogen-bond acceptors (Lipinski definition) is 6. The Kier molecular flexibility index (Phi) is 5.79. The number of amides is 1. The third-order valence-corrected chi connectivity index (χ3v) is 5.76. The fourth-order valence-electron chi connectivity index (χ4n) is 2.83. The van der Waals surface area contributed by atoms with Crippen LogP contribution in [0.4, 0.5) is 5.82 Å². The minimum Gasteiger partial charge on any atom is -0.353 e. The van der Waals surface area contributed by atoms with E-state index in [2.05, 4.69) is 15.3 Å². The van der Waals surface area contributed by atoms with Crippen LogP contribution < -0.4 is 10.2 Å². The Bertz CT molecular complexity index is 703. The Morgan fingerprint density at radius 1 is 1.42 bits per heavy atom. The number of nitrogens with zero attached hydrogens (tertiary/aromatic N) is 3. The average molecular weight is 354 g/mol. The van der Waals surface area contributed by atoms with Crippen LogP contribution in [0, 0.1) is 12.8 Å². The molecule has 24 heavy (non-hydrogen) atoms. The Morgan fingerprint density at radius 3 is 2.67 bits per heavy atom. The second-order valence-corrected chi connectivity index (χ2v) is 8.83. The molecular formula is C16H26N4O3S. The summed E-state index contributed by atoms with van der Waals surface area (Å²) in [6, 6.07) is 1.55. The van der Waals surface area contributed by atoms with Gasteiger partial charge in [0.25, 0.3) is 5.91 Å². The van der Waals surface area contributed by atoms with E-state index in [1.807, 2.05) is 25.7 Å². The van der Waals surface area contributed by atoms with E-state index in [9.17, 15) is 13.2 Å². The van der Waals surface area contributed by atoms with Gasteiger partial charge in [-0.05, 0) is 26.2 Å². The van der Waals surface area contributed by atoms with Crippen molar-refractivity contribution in [1.82, 2.24) is 15.3 Å². The number of rotatable bonds is 6. The first-order valence-corrected chi connectivity index (χ1v) is 10.1. The summed E-state index contributed by atoms with van der Waals surface area (Å²) in [4.78, 5) is 22.9. The molecule has 1 amide bonds. The summed E-state index contributed by atoms with van der Waals surface area (Å²) < 4.78 is 23.5. The number of sulfone groups is 1. The summed E-state index contributed by atoms with van der Waals surface area (Å²) in [5.41, 5.74) is 0.317. The van der Waals surface area contributed by atoms with Crippen LogP contribution in [0.25, 0.3) is 0 Å². The molecule has 1 fully saturated rings. The van der Waals surface area contributed by atoms with Crippen LogP contribution >= 0.6 is 0 Å². The maximum atomic E-state index is 12.3. The first kappa shape index (κ1) is 18.6. The van der Waals surface area contributed by atoms with E-state index in [4.69, 9.17) is 0 Å². The normalized spacial score (nSPS) is 19.5. The number of hydrogen-bond donors (Lipinski definition) is 1. The minimum absolute atomic E-state index is 0.0964. The van der Waals surface area contributed by atoms with Gasteiger partial charge in [0.2, 0.25) is 0 Å². The molecule has 7 nitrogen and oxygen atoms in total. The van der Waals surface area contributed by atoms with Gasteiger partial charge in [0.15, 0.2) is 9.84 Å². The lowest BCUT2D eigenvalue weighted by molar-refractivity contribution is 0.0943. The molecule has 2 heterocycles. The van der Waals surface area contributed by atoms with E-state index in [1.54, 1.807) is 13.0 Å². The maximum absolute atomic E-state index is 12.3. The van der Waals surface area contributed by atoms with Crippen molar-refractivity contribution in [3.8, 4) is 0 Å². The molecule has 1 aromatic rings. The Hall–Kier alpha value is -1.70. The zero-order chi connectivity index (χ0) is 17.9. The van der Waals surface area contributed by atoms with E-state index in [-0.39, 0.29) is 23.5 Å². The van der Waals surface area contributed by atoms with Crippen LogP contribution in [0.2, 0.25) is 0 Å². The number of anilines is 1. The number of aromatic nitrogens is 2. The molecule has 1 aliphatic rings. The van der Waals surface area contributed by atoms with Gasteiger partial charge in [-0.15, -0.1) is 0 Å². The van der Waals surface area contributed by atoms with Crippen LogP contribution in [-0.2, 0) is 9.84 Å². The zero-order valence-electron chi connectivity index (χ0n) is 14.7. The molecule has 2 rings (SSSR count). The van der Waals surface area contributed by atoms with Crippen molar-refractivity contribution in [3.05, 3.63) is 17.6 Å². The lowest BCUT2D eigenvalue weighted by Gasteiger charge is -2.28. The van der Waals surface area contributed by atoms with Gasteiger partial charge >= 0.3 is 0 Å². The van der Waals surface area contributed by atoms with Crippen LogP contribution in [0.15, 0.2) is 6.07 Å². The van der Waals surface area contributed by atoms with Crippen LogP contribution in [0.5, 0.6) is 0 Å². The summed E-state index contributed by atoms with van der Waals surface area (Å²) in [6.07, 6.45) is 0.591. The van der Waals surface area contributed by atoms with Gasteiger partial charge in [-0.25, -0.2) is 18.4 Å². The summed E-state index contributed by atoms with van der Waals surface area (Å²) in [5.74, 6) is 1.58. The predicted molar refractivity (Wildman–Crippen MR) is 94.0 cm³/mol. The molecule has 0 saturated carbocycles. The first-order valence-electron chi connectivity index (χ1n) is 8.32. The van der Waals surface area contributed by atoms with Crippen molar-refractivity contribution in [1.29, 1.82) is 0 Å². The van der Waals surface area contributed by atoms with E-state index < -0.39 is 9.84 Å². The average Bonchev–Trinajstić information content (AvgIpc) is 2.85. The molecule has 1 unspecified atom stereocenters. The molecular weight excluding hydrogens is 328 g/mol. The third kappa shape index (κ3) is 4.66. The molecule has 1 aromatic heterocycles. The fourth-order valence-corrected chi connectivity index (χ4v) is 4.56. The van der Waals surface area contributed by atoms with Crippen molar-refractivity contribution < 1.29 is 13.2 Å². The van der Waals surface area contributed by atoms with Gasteiger partial charge in [0.05, 0.1) is 11.5 Å². The van der Waals surface area contributed by atoms with Crippen molar-refractivity contribution in [3.63, 3.8) is 0 Å². The largest absolute Gasteiger partial charge is 0.353 e. The number of carbonyl (C=O) groups excluding carboxylic acids is 1. The van der Waals surface area contributed by atoms with Crippen LogP contribution in [0.3, 0.4) is 0 Å². The summed E-state index contributed by atoms with van der Waals surface area (Å²) in [5, 5.41) is 2.85. The molecule has 1 saturated heterocycles. The number of aryl methyl sites for hydroxylation is 1. The highest BCUT2D eigenvalue weighted by Gasteiger charge is 2.32. The lowest BCUT2D eigenvalue weighted by atomic mass is 10.2. The Balaban J connectivity index is 2.24. The summed E-state index contributed by atoms with van der Waals surface area (Å²) >= 11 is 0. The molecule has 0 spiro atoms. The highest BCUT2D eigenvalue weighted by atomic mass is 32.2. The molecule has 0 bridgehead atoms. The van der Waals surface area contributed by atoms with Gasteiger partial charge in [-0.3, -0.25) is 4.79 Å². The second-order valence-electron chi connectivity index (χ2n) is 6.61. The molecule has 0 aliphatic carbocycles. The highest BCUT2D eigenvalue weighted by Crippen LogP contribution is 2.23. The minimum atomic E-state index is -2.98. The lowest BCUT2D eigenvalue weighted by Crippen LogP contribution is -2.37. The van der Waals surface area contributed by atoms with Gasteiger partial charge in [0.1, 0.15) is 17.3 Å². The van der Waals surface area contributed by atoms with E-state index in [0.717, 1.165) is 0 Å². The summed E-state index contributed by atoms with van der Waals surface area (Å²) in [6.45, 7) is 8.95. The van der Waals surface area contributed by atoms with E-state index >= 15 is 0 Å². The molecule has 1 atom stereocenters. The monoisotopic (exact) mass is 354 g/mol. The van der Waals surface area contributed by atoms with Gasteiger partial charge < -0.3 is 10.2 Å². The van der Waals surface area contributed by atoms with Crippen molar-refractivity contribution in [2.45, 2.75) is 40.2 Å². The number of carbonyl (C=O) groups is 1. The van der Waals surface area contributed by atoms with Crippen molar-refractivity contribution in [2.75, 3.05) is 29.5 Å². The van der Waals surface area contributed by atoms with Crippen LogP contribution in [-0.4, -0.2) is 54.9 Å². The fraction of sp³-hybridized carbons (Fsp3) is 0.688. The van der Waals surface area contributed by atoms with Gasteiger partial charge in [-0.1, -0.05) is 13.8 Å². The van der Waals surface area contributed by atoms with E-state index in [1.165, 1.54) is 0 Å². The molecule has 1 aliphatic heterocycles. The first-order chi connectivity index (χ1) is 11.2. The number of nitrogens with one attached hydrogen (secondary N) is 1. The van der Waals surface area contributed by atoms with Gasteiger partial charge in [0, 0.05) is 25.2 Å². The SMILES string of the molecule is CCN(c1cc(C(=O)NCC(C)C)nc(C)n1)C1CCS(=O)(=O)C1. The van der Waals surface area contributed by atoms with Gasteiger partial charge in [-0.2, -0.15) is 0 Å².